The summed E-state index contributed by atoms with van der Waals surface area (Å²) in [5, 5.41) is 5.42. The minimum Gasteiger partial charge on any atom is -0.355 e. The third-order valence-corrected chi connectivity index (χ3v) is 3.62. The normalized spacial score (nSPS) is 14.2. The van der Waals surface area contributed by atoms with Gasteiger partial charge in [-0.2, -0.15) is 0 Å². The molecule has 1 aromatic heterocycles. The molecule has 110 valence electrons. The lowest BCUT2D eigenvalue weighted by atomic mass is 10.2. The third kappa shape index (κ3) is 3.21. The van der Waals surface area contributed by atoms with Gasteiger partial charge in [0.15, 0.2) is 0 Å². The fraction of sp³-hybridized carbons (Fsp3) is 0.600. The fourth-order valence-corrected chi connectivity index (χ4v) is 2.48. The molecule has 1 heterocycles. The van der Waals surface area contributed by atoms with Crippen LogP contribution in [0.25, 0.3) is 0 Å². The van der Waals surface area contributed by atoms with Gasteiger partial charge >= 0.3 is 0 Å². The number of hydrogen-bond donors (Lipinski definition) is 2. The van der Waals surface area contributed by atoms with Crippen molar-refractivity contribution in [1.82, 2.24) is 15.2 Å². The van der Waals surface area contributed by atoms with Crippen LogP contribution in [-0.4, -0.2) is 29.5 Å². The van der Waals surface area contributed by atoms with E-state index in [-0.39, 0.29) is 18.4 Å². The van der Waals surface area contributed by atoms with Gasteiger partial charge in [0.2, 0.25) is 5.91 Å². The molecule has 0 aromatic carbocycles. The Balaban J connectivity index is 1.96. The average Bonchev–Trinajstić information content (AvgIpc) is 3.20. The summed E-state index contributed by atoms with van der Waals surface area (Å²) in [4.78, 5) is 23.6. The number of carbonyl (C=O) groups excluding carboxylic acids is 2. The Labute approximate surface area is 119 Å². The molecule has 1 aliphatic carbocycles. The molecule has 5 nitrogen and oxygen atoms in total. The maximum Gasteiger partial charge on any atom is 0.253 e. The van der Waals surface area contributed by atoms with E-state index in [0.717, 1.165) is 17.8 Å². The first-order valence-electron chi connectivity index (χ1n) is 7.28. The maximum atomic E-state index is 12.1. The monoisotopic (exact) mass is 277 g/mol. The van der Waals surface area contributed by atoms with Crippen LogP contribution in [0.1, 0.15) is 54.0 Å². The lowest BCUT2D eigenvalue weighted by Gasteiger charge is -2.08. The van der Waals surface area contributed by atoms with Crippen molar-refractivity contribution in [3.05, 3.63) is 23.0 Å². The van der Waals surface area contributed by atoms with Crippen molar-refractivity contribution in [1.29, 1.82) is 0 Å². The maximum absolute atomic E-state index is 12.1. The van der Waals surface area contributed by atoms with E-state index in [1.807, 2.05) is 26.8 Å². The number of amides is 2. The second-order valence-electron chi connectivity index (χ2n) is 5.42. The van der Waals surface area contributed by atoms with E-state index >= 15 is 0 Å². The highest BCUT2D eigenvalue weighted by Gasteiger charge is 2.28. The molecule has 5 heteroatoms. The van der Waals surface area contributed by atoms with Crippen molar-refractivity contribution in [3.8, 4) is 0 Å². The number of aromatic nitrogens is 1. The van der Waals surface area contributed by atoms with Gasteiger partial charge in [0, 0.05) is 24.0 Å². The molecule has 1 aliphatic rings. The standard InChI is InChI=1S/C15H23N3O2/c1-4-7-16-14(19)9-17-15(20)13-8-10(2)18(11(13)3)12-5-6-12/h8,12H,4-7,9H2,1-3H3,(H,16,19)(H,17,20). The van der Waals surface area contributed by atoms with E-state index < -0.39 is 0 Å². The number of hydrogen-bond acceptors (Lipinski definition) is 2. The smallest absolute Gasteiger partial charge is 0.253 e. The molecule has 0 saturated heterocycles. The van der Waals surface area contributed by atoms with Gasteiger partial charge in [-0.15, -0.1) is 0 Å². The van der Waals surface area contributed by atoms with Gasteiger partial charge in [0.1, 0.15) is 0 Å². The molecule has 2 rings (SSSR count). The molecule has 0 spiro atoms. The molecule has 1 aromatic rings. The Hall–Kier alpha value is -1.78. The molecule has 2 N–H and O–H groups in total. The summed E-state index contributed by atoms with van der Waals surface area (Å²) in [6, 6.07) is 2.47. The zero-order chi connectivity index (χ0) is 14.7. The number of aryl methyl sites for hydroxylation is 1. The first-order valence-corrected chi connectivity index (χ1v) is 7.28. The molecule has 20 heavy (non-hydrogen) atoms. The molecule has 1 saturated carbocycles. The predicted octanol–water partition coefficient (Wildman–Crippen LogP) is 1.70. The van der Waals surface area contributed by atoms with E-state index in [1.54, 1.807) is 0 Å². The largest absolute Gasteiger partial charge is 0.355 e. The number of nitrogens with zero attached hydrogens (tertiary/aromatic N) is 1. The zero-order valence-corrected chi connectivity index (χ0v) is 12.5. The molecule has 0 aliphatic heterocycles. The van der Waals surface area contributed by atoms with Crippen LogP contribution in [0.2, 0.25) is 0 Å². The molecule has 2 amide bonds. The first kappa shape index (κ1) is 14.6. The van der Waals surface area contributed by atoms with E-state index in [2.05, 4.69) is 15.2 Å². The van der Waals surface area contributed by atoms with Crippen LogP contribution in [0.3, 0.4) is 0 Å². The van der Waals surface area contributed by atoms with E-state index in [1.165, 1.54) is 12.8 Å². The van der Waals surface area contributed by atoms with Gasteiger partial charge in [-0.25, -0.2) is 0 Å². The zero-order valence-electron chi connectivity index (χ0n) is 12.5. The summed E-state index contributed by atoms with van der Waals surface area (Å²) in [5.41, 5.74) is 2.79. The quantitative estimate of drug-likeness (QED) is 0.831. The number of nitrogens with one attached hydrogen (secondary N) is 2. The summed E-state index contributed by atoms with van der Waals surface area (Å²) in [5.74, 6) is -0.312. The molecule has 1 fully saturated rings. The second-order valence-corrected chi connectivity index (χ2v) is 5.42. The molecule has 0 bridgehead atoms. The van der Waals surface area contributed by atoms with Gasteiger partial charge in [0.25, 0.3) is 5.91 Å². The Morgan fingerprint density at radius 1 is 1.30 bits per heavy atom. The van der Waals surface area contributed by atoms with Gasteiger partial charge in [-0.05, 0) is 39.2 Å². The Kier molecular flexibility index (Phi) is 4.47. The summed E-state index contributed by atoms with van der Waals surface area (Å²) < 4.78 is 2.23. The highest BCUT2D eigenvalue weighted by molar-refractivity contribution is 5.97. The minimum absolute atomic E-state index is 0.0337. The van der Waals surface area contributed by atoms with E-state index in [0.29, 0.717) is 18.2 Å². The van der Waals surface area contributed by atoms with Gasteiger partial charge in [-0.3, -0.25) is 9.59 Å². The molecule has 0 atom stereocenters. The second kappa shape index (κ2) is 6.11. The van der Waals surface area contributed by atoms with Crippen LogP contribution >= 0.6 is 0 Å². The van der Waals surface area contributed by atoms with Crippen LogP contribution < -0.4 is 10.6 Å². The summed E-state index contributed by atoms with van der Waals surface area (Å²) in [7, 11) is 0. The Morgan fingerprint density at radius 2 is 2.00 bits per heavy atom. The lowest BCUT2D eigenvalue weighted by Crippen LogP contribution is -2.37. The fourth-order valence-electron chi connectivity index (χ4n) is 2.48. The topological polar surface area (TPSA) is 63.1 Å². The van der Waals surface area contributed by atoms with Gasteiger partial charge < -0.3 is 15.2 Å². The summed E-state index contributed by atoms with van der Waals surface area (Å²) in [6.45, 7) is 6.66. The van der Waals surface area contributed by atoms with Crippen LogP contribution in [0.5, 0.6) is 0 Å². The van der Waals surface area contributed by atoms with Gasteiger partial charge in [-0.1, -0.05) is 6.92 Å². The van der Waals surface area contributed by atoms with Crippen molar-refractivity contribution in [2.75, 3.05) is 13.1 Å². The van der Waals surface area contributed by atoms with Crippen molar-refractivity contribution in [2.24, 2.45) is 0 Å². The average molecular weight is 277 g/mol. The van der Waals surface area contributed by atoms with Crippen molar-refractivity contribution < 1.29 is 9.59 Å². The van der Waals surface area contributed by atoms with Crippen LogP contribution in [0, 0.1) is 13.8 Å². The molecular formula is C15H23N3O2. The Morgan fingerprint density at radius 3 is 2.60 bits per heavy atom. The van der Waals surface area contributed by atoms with Crippen molar-refractivity contribution >= 4 is 11.8 Å². The van der Waals surface area contributed by atoms with E-state index in [9.17, 15) is 9.59 Å². The highest BCUT2D eigenvalue weighted by Crippen LogP contribution is 2.38. The molecule has 0 radical (unpaired) electrons. The number of carbonyl (C=O) groups is 2. The minimum atomic E-state index is -0.170. The molecular weight excluding hydrogens is 254 g/mol. The summed E-state index contributed by atoms with van der Waals surface area (Å²) in [6.07, 6.45) is 3.27. The van der Waals surface area contributed by atoms with Crippen LogP contribution in [0.15, 0.2) is 6.07 Å². The Bertz CT molecular complexity index is 515. The number of rotatable bonds is 6. The van der Waals surface area contributed by atoms with Crippen molar-refractivity contribution in [2.45, 2.75) is 46.1 Å². The third-order valence-electron chi connectivity index (χ3n) is 3.62. The predicted molar refractivity (Wildman–Crippen MR) is 77.8 cm³/mol. The molecule has 0 unspecified atom stereocenters. The van der Waals surface area contributed by atoms with Gasteiger partial charge in [0.05, 0.1) is 12.1 Å². The summed E-state index contributed by atoms with van der Waals surface area (Å²) >= 11 is 0. The first-order chi connectivity index (χ1) is 9.54. The van der Waals surface area contributed by atoms with E-state index in [4.69, 9.17) is 0 Å². The van der Waals surface area contributed by atoms with Crippen molar-refractivity contribution in [3.63, 3.8) is 0 Å². The van der Waals surface area contributed by atoms with Crippen LogP contribution in [0.4, 0.5) is 0 Å². The SMILES string of the molecule is CCCNC(=O)CNC(=O)c1cc(C)n(C2CC2)c1C. The van der Waals surface area contributed by atoms with Crippen LogP contribution in [-0.2, 0) is 4.79 Å². The highest BCUT2D eigenvalue weighted by atomic mass is 16.2. The lowest BCUT2D eigenvalue weighted by molar-refractivity contribution is -0.120.